The quantitative estimate of drug-likeness (QED) is 0.514. The van der Waals surface area contributed by atoms with Crippen LogP contribution in [0.4, 0.5) is 8.78 Å². The minimum absolute atomic E-state index is 0.00669. The zero-order valence-corrected chi connectivity index (χ0v) is 13.0. The summed E-state index contributed by atoms with van der Waals surface area (Å²) in [5, 5.41) is 20.1. The summed E-state index contributed by atoms with van der Waals surface area (Å²) >= 11 is 0. The van der Waals surface area contributed by atoms with Gasteiger partial charge in [-0.15, -0.1) is 6.42 Å². The fourth-order valence-electron chi connectivity index (χ4n) is 2.91. The van der Waals surface area contributed by atoms with Crippen LogP contribution in [0.25, 0.3) is 32.9 Å². The van der Waals surface area contributed by atoms with Crippen molar-refractivity contribution in [1.82, 2.24) is 15.0 Å². The molecule has 2 aromatic heterocycles. The first-order chi connectivity index (χ1) is 12.5. The van der Waals surface area contributed by atoms with Gasteiger partial charge in [0.15, 0.2) is 5.82 Å². The molecule has 0 saturated carbocycles. The molecule has 26 heavy (non-hydrogen) atoms. The molecule has 0 spiro atoms. The van der Waals surface area contributed by atoms with Crippen LogP contribution in [0.2, 0.25) is 0 Å². The fraction of sp³-hybridized carbons (Fsp3) is 0. The van der Waals surface area contributed by atoms with Crippen molar-refractivity contribution in [3.05, 3.63) is 53.7 Å². The Hall–Kier alpha value is -3.79. The summed E-state index contributed by atoms with van der Waals surface area (Å²) in [5.74, 6) is 0.195. The summed E-state index contributed by atoms with van der Waals surface area (Å²) in [6.07, 6.45) is 6.62. The molecule has 5 nitrogen and oxygen atoms in total. The topological polar surface area (TPSA) is 79.1 Å². The second-order valence-corrected chi connectivity index (χ2v) is 5.50. The highest BCUT2D eigenvalue weighted by Gasteiger charge is 2.19. The van der Waals surface area contributed by atoms with E-state index in [1.165, 1.54) is 18.3 Å². The molecule has 2 N–H and O–H groups in total. The predicted molar refractivity (Wildman–Crippen MR) is 91.5 cm³/mol. The van der Waals surface area contributed by atoms with E-state index in [9.17, 15) is 14.6 Å². The lowest BCUT2D eigenvalue weighted by Gasteiger charge is -2.11. The van der Waals surface area contributed by atoms with Crippen LogP contribution >= 0.6 is 0 Å². The van der Waals surface area contributed by atoms with Gasteiger partial charge in [-0.3, -0.25) is 4.98 Å². The molecule has 0 bridgehead atoms. The number of hydrogen-bond donors (Lipinski definition) is 2. The van der Waals surface area contributed by atoms with E-state index in [0.29, 0.717) is 10.8 Å². The molecule has 0 radical (unpaired) electrons. The lowest BCUT2D eigenvalue weighted by atomic mass is 9.96. The Kier molecular flexibility index (Phi) is 3.41. The number of hydrogen-bond acceptors (Lipinski definition) is 5. The van der Waals surface area contributed by atoms with Crippen molar-refractivity contribution < 1.29 is 19.0 Å². The van der Waals surface area contributed by atoms with Crippen LogP contribution in [0.1, 0.15) is 5.56 Å². The van der Waals surface area contributed by atoms with Crippen molar-refractivity contribution >= 4 is 21.7 Å². The van der Waals surface area contributed by atoms with E-state index in [1.54, 1.807) is 18.2 Å². The number of terminal acetylenes is 1. The SMILES string of the molecule is C#Cc1c(F)ccc2cccc(-c3ncc4c(O)nc(O)nc4c3F)c12. The molecule has 7 heteroatoms. The number of halogens is 2. The Morgan fingerprint density at radius 2 is 1.85 bits per heavy atom. The maximum absolute atomic E-state index is 15.1. The molecule has 4 rings (SSSR count). The first kappa shape index (κ1) is 15.7. The molecule has 0 aliphatic heterocycles. The molecule has 4 aromatic rings. The maximum atomic E-state index is 15.1. The molecule has 126 valence electrons. The number of nitrogens with zero attached hydrogens (tertiary/aromatic N) is 3. The van der Waals surface area contributed by atoms with Gasteiger partial charge in [-0.05, 0) is 11.5 Å². The van der Waals surface area contributed by atoms with Crippen molar-refractivity contribution in [3.63, 3.8) is 0 Å². The van der Waals surface area contributed by atoms with Crippen molar-refractivity contribution in [1.29, 1.82) is 0 Å². The van der Waals surface area contributed by atoms with Crippen molar-refractivity contribution in [2.45, 2.75) is 0 Å². The third kappa shape index (κ3) is 2.20. The van der Waals surface area contributed by atoms with Crippen LogP contribution in [-0.4, -0.2) is 25.2 Å². The molecule has 0 aliphatic carbocycles. The zero-order valence-electron chi connectivity index (χ0n) is 13.0. The van der Waals surface area contributed by atoms with Gasteiger partial charge in [-0.25, -0.2) is 8.78 Å². The summed E-state index contributed by atoms with van der Waals surface area (Å²) in [5.41, 5.74) is -0.182. The summed E-state index contributed by atoms with van der Waals surface area (Å²) in [4.78, 5) is 11.0. The Balaban J connectivity index is 2.13. The average Bonchev–Trinajstić information content (AvgIpc) is 2.62. The highest BCUT2D eigenvalue weighted by atomic mass is 19.1. The summed E-state index contributed by atoms with van der Waals surface area (Å²) in [6, 6.07) is 6.94. The molecule has 0 aliphatic rings. The van der Waals surface area contributed by atoms with Crippen LogP contribution < -0.4 is 0 Å². The normalized spacial score (nSPS) is 11.0. The second kappa shape index (κ2) is 5.63. The molecular formula is C19H9F2N3O2. The predicted octanol–water partition coefficient (Wildman–Crippen LogP) is 3.52. The molecule has 0 saturated heterocycles. The minimum Gasteiger partial charge on any atom is -0.493 e. The third-order valence-electron chi connectivity index (χ3n) is 4.05. The monoisotopic (exact) mass is 349 g/mol. The molecule has 0 amide bonds. The van der Waals surface area contributed by atoms with Crippen LogP contribution in [0.3, 0.4) is 0 Å². The van der Waals surface area contributed by atoms with E-state index in [-0.39, 0.29) is 27.7 Å². The number of benzene rings is 2. The minimum atomic E-state index is -0.893. The van der Waals surface area contributed by atoms with E-state index in [0.717, 1.165) is 0 Å². The standard InChI is InChI=1S/C19H9F2N3O2/c1-2-10-13(20)7-6-9-4-3-5-11(14(9)10)16-15(21)17-12(8-22-16)18(25)24-19(26)23-17/h1,3-8H,(H2,23,24,25,26). The van der Waals surface area contributed by atoms with Crippen LogP contribution in [0.15, 0.2) is 36.5 Å². The van der Waals surface area contributed by atoms with Gasteiger partial charge in [0, 0.05) is 17.1 Å². The fourth-order valence-corrected chi connectivity index (χ4v) is 2.91. The van der Waals surface area contributed by atoms with Gasteiger partial charge in [-0.2, -0.15) is 9.97 Å². The number of rotatable bonds is 1. The van der Waals surface area contributed by atoms with Gasteiger partial charge in [-0.1, -0.05) is 30.2 Å². The molecule has 2 aromatic carbocycles. The number of aromatic nitrogens is 3. The van der Waals surface area contributed by atoms with Crippen LogP contribution in [0.5, 0.6) is 11.9 Å². The van der Waals surface area contributed by atoms with Gasteiger partial charge in [0.25, 0.3) is 0 Å². The Labute approximate surface area is 145 Å². The van der Waals surface area contributed by atoms with Gasteiger partial charge < -0.3 is 10.2 Å². The van der Waals surface area contributed by atoms with Gasteiger partial charge in [0.1, 0.15) is 17.0 Å². The van der Waals surface area contributed by atoms with E-state index in [4.69, 9.17) is 6.42 Å². The number of fused-ring (bicyclic) bond motifs is 2. The Morgan fingerprint density at radius 3 is 2.62 bits per heavy atom. The summed E-state index contributed by atoms with van der Waals surface area (Å²) in [6.45, 7) is 0. The summed E-state index contributed by atoms with van der Waals surface area (Å²) in [7, 11) is 0. The molecule has 0 atom stereocenters. The van der Waals surface area contributed by atoms with E-state index < -0.39 is 23.5 Å². The number of aromatic hydroxyl groups is 2. The number of pyridine rings is 1. The third-order valence-corrected chi connectivity index (χ3v) is 4.05. The lowest BCUT2D eigenvalue weighted by Crippen LogP contribution is -1.97. The highest BCUT2D eigenvalue weighted by molar-refractivity contribution is 6.01. The van der Waals surface area contributed by atoms with Crippen molar-refractivity contribution in [2.75, 3.05) is 0 Å². The van der Waals surface area contributed by atoms with E-state index in [2.05, 4.69) is 20.9 Å². The van der Waals surface area contributed by atoms with E-state index in [1.807, 2.05) is 0 Å². The van der Waals surface area contributed by atoms with Gasteiger partial charge in [0.05, 0.1) is 10.9 Å². The average molecular weight is 349 g/mol. The van der Waals surface area contributed by atoms with Crippen LogP contribution in [0, 0.1) is 24.0 Å². The Morgan fingerprint density at radius 1 is 1.04 bits per heavy atom. The van der Waals surface area contributed by atoms with Gasteiger partial charge >= 0.3 is 6.01 Å². The van der Waals surface area contributed by atoms with Gasteiger partial charge in [0.2, 0.25) is 5.88 Å². The Bertz CT molecular complexity index is 1250. The molecule has 0 unspecified atom stereocenters. The zero-order chi connectivity index (χ0) is 18.4. The maximum Gasteiger partial charge on any atom is 0.317 e. The first-order valence-electron chi connectivity index (χ1n) is 7.43. The smallest absolute Gasteiger partial charge is 0.317 e. The van der Waals surface area contributed by atoms with Crippen LogP contribution in [-0.2, 0) is 0 Å². The lowest BCUT2D eigenvalue weighted by molar-refractivity contribution is 0.402. The second-order valence-electron chi connectivity index (χ2n) is 5.50. The highest BCUT2D eigenvalue weighted by Crippen LogP contribution is 2.35. The van der Waals surface area contributed by atoms with E-state index >= 15 is 4.39 Å². The largest absolute Gasteiger partial charge is 0.493 e. The summed E-state index contributed by atoms with van der Waals surface area (Å²) < 4.78 is 29.2. The first-order valence-corrected chi connectivity index (χ1v) is 7.43. The van der Waals surface area contributed by atoms with Crippen molar-refractivity contribution in [2.24, 2.45) is 0 Å². The van der Waals surface area contributed by atoms with Crippen molar-refractivity contribution in [3.8, 4) is 35.5 Å². The molecular weight excluding hydrogens is 340 g/mol. The molecule has 0 fully saturated rings. The molecule has 2 heterocycles.